The third-order valence-electron chi connectivity index (χ3n) is 4.06. The Hall–Kier alpha value is -1.58. The minimum atomic E-state index is -0.521. The first-order valence-electron chi connectivity index (χ1n) is 10.1. The van der Waals surface area contributed by atoms with Gasteiger partial charge in [0.05, 0.1) is 6.54 Å². The van der Waals surface area contributed by atoms with E-state index in [4.69, 9.17) is 4.74 Å². The number of nitrogens with zero attached hydrogens (tertiary/aromatic N) is 4. The van der Waals surface area contributed by atoms with Gasteiger partial charge in [0.2, 0.25) is 0 Å². The van der Waals surface area contributed by atoms with Crippen LogP contribution >= 0.6 is 24.0 Å². The maximum absolute atomic E-state index is 12.6. The lowest BCUT2D eigenvalue weighted by Gasteiger charge is -2.28. The third kappa shape index (κ3) is 11.9. The summed E-state index contributed by atoms with van der Waals surface area (Å²) in [5.74, 6) is 0.879. The maximum atomic E-state index is 12.6. The summed E-state index contributed by atoms with van der Waals surface area (Å²) < 4.78 is 5.57. The molecular weight excluding hydrogens is 481 g/mol. The van der Waals surface area contributed by atoms with E-state index in [-0.39, 0.29) is 30.1 Å². The van der Waals surface area contributed by atoms with Crippen LogP contribution in [0.15, 0.2) is 29.5 Å². The Bertz CT molecular complexity index is 605. The van der Waals surface area contributed by atoms with Crippen molar-refractivity contribution in [2.45, 2.75) is 59.1 Å². The Labute approximate surface area is 193 Å². The van der Waals surface area contributed by atoms with Gasteiger partial charge >= 0.3 is 6.09 Å². The molecule has 0 saturated heterocycles. The van der Waals surface area contributed by atoms with Gasteiger partial charge in [0.25, 0.3) is 0 Å². The van der Waals surface area contributed by atoms with Crippen molar-refractivity contribution in [3.63, 3.8) is 0 Å². The molecule has 0 aromatic carbocycles. The Morgan fingerprint density at radius 1 is 1.28 bits per heavy atom. The summed E-state index contributed by atoms with van der Waals surface area (Å²) in [6.07, 6.45) is 6.28. The summed E-state index contributed by atoms with van der Waals surface area (Å²) >= 11 is 0. The molecular formula is C21H38IN5O2. The Kier molecular flexibility index (Phi) is 13.6. The molecule has 0 fully saturated rings. The molecule has 166 valence electrons. The Morgan fingerprint density at radius 2 is 2.00 bits per heavy atom. The van der Waals surface area contributed by atoms with Crippen LogP contribution in [-0.2, 0) is 11.3 Å². The van der Waals surface area contributed by atoms with Crippen molar-refractivity contribution in [2.24, 2.45) is 4.99 Å². The molecule has 1 N–H and O–H groups in total. The smallest absolute Gasteiger partial charge is 0.410 e. The van der Waals surface area contributed by atoms with Crippen LogP contribution in [0.1, 0.15) is 52.5 Å². The molecule has 1 rings (SSSR count). The number of aromatic nitrogens is 1. The van der Waals surface area contributed by atoms with Gasteiger partial charge in [0.1, 0.15) is 5.60 Å². The average Bonchev–Trinajstić information content (AvgIpc) is 2.64. The van der Waals surface area contributed by atoms with Gasteiger partial charge in [0, 0.05) is 46.1 Å². The van der Waals surface area contributed by atoms with E-state index >= 15 is 0 Å². The number of pyridine rings is 1. The highest BCUT2D eigenvalue weighted by Gasteiger charge is 2.22. The average molecular weight is 519 g/mol. The zero-order valence-electron chi connectivity index (χ0n) is 18.8. The van der Waals surface area contributed by atoms with Crippen LogP contribution in [0.25, 0.3) is 0 Å². The second-order valence-electron chi connectivity index (χ2n) is 7.87. The summed E-state index contributed by atoms with van der Waals surface area (Å²) in [7, 11) is 3.83. The van der Waals surface area contributed by atoms with Crippen molar-refractivity contribution in [3.05, 3.63) is 30.1 Å². The van der Waals surface area contributed by atoms with Crippen LogP contribution in [0.3, 0.4) is 0 Å². The largest absolute Gasteiger partial charge is 0.444 e. The van der Waals surface area contributed by atoms with E-state index in [2.05, 4.69) is 27.1 Å². The highest BCUT2D eigenvalue weighted by Crippen LogP contribution is 2.12. The van der Waals surface area contributed by atoms with E-state index < -0.39 is 5.60 Å². The van der Waals surface area contributed by atoms with Gasteiger partial charge in [0.15, 0.2) is 5.96 Å². The summed E-state index contributed by atoms with van der Waals surface area (Å²) in [5.41, 5.74) is 0.462. The van der Waals surface area contributed by atoms with Crippen LogP contribution in [0.4, 0.5) is 4.79 Å². The fraction of sp³-hybridized carbons (Fsp3) is 0.667. The van der Waals surface area contributed by atoms with Crippen LogP contribution in [0.5, 0.6) is 0 Å². The number of carbonyl (C=O) groups is 1. The maximum Gasteiger partial charge on any atom is 0.410 e. The Morgan fingerprint density at radius 3 is 2.55 bits per heavy atom. The zero-order chi connectivity index (χ0) is 21.0. The normalized spacial score (nSPS) is 11.4. The van der Waals surface area contributed by atoms with Gasteiger partial charge in [-0.3, -0.25) is 9.98 Å². The second-order valence-corrected chi connectivity index (χ2v) is 7.87. The molecule has 1 heterocycles. The second kappa shape index (κ2) is 14.4. The van der Waals surface area contributed by atoms with Crippen molar-refractivity contribution < 1.29 is 9.53 Å². The van der Waals surface area contributed by atoms with E-state index in [1.807, 2.05) is 40.0 Å². The summed E-state index contributed by atoms with van der Waals surface area (Å²) in [6, 6.07) is 3.84. The molecule has 0 aliphatic heterocycles. The Balaban J connectivity index is 0.00000784. The van der Waals surface area contributed by atoms with E-state index in [1.165, 1.54) is 0 Å². The number of aliphatic imine (C=N–C) groups is 1. The molecule has 1 aromatic rings. The van der Waals surface area contributed by atoms with Crippen molar-refractivity contribution in [1.29, 1.82) is 0 Å². The number of unbranched alkanes of at least 4 members (excludes halogenated alkanes) is 1. The lowest BCUT2D eigenvalue weighted by Crippen LogP contribution is -2.41. The van der Waals surface area contributed by atoms with E-state index in [1.54, 1.807) is 24.3 Å². The summed E-state index contributed by atoms with van der Waals surface area (Å²) in [4.78, 5) is 24.9. The minimum absolute atomic E-state index is 0. The number of carbonyl (C=O) groups excluding carboxylic acids is 1. The molecule has 0 bridgehead atoms. The fourth-order valence-electron chi connectivity index (χ4n) is 2.63. The number of nitrogens with one attached hydrogen (secondary N) is 1. The number of rotatable bonds is 9. The molecule has 0 spiro atoms. The van der Waals surface area contributed by atoms with Crippen LogP contribution in [0, 0.1) is 0 Å². The number of ether oxygens (including phenoxy) is 1. The lowest BCUT2D eigenvalue weighted by molar-refractivity contribution is 0.0232. The molecule has 0 saturated carbocycles. The predicted molar refractivity (Wildman–Crippen MR) is 130 cm³/mol. The fourth-order valence-corrected chi connectivity index (χ4v) is 2.63. The van der Waals surface area contributed by atoms with Crippen molar-refractivity contribution in [2.75, 3.05) is 33.7 Å². The molecule has 0 aliphatic carbocycles. The van der Waals surface area contributed by atoms with Gasteiger partial charge < -0.3 is 19.9 Å². The number of guanidine groups is 1. The first kappa shape index (κ1) is 27.4. The first-order chi connectivity index (χ1) is 13.3. The lowest BCUT2D eigenvalue weighted by atomic mass is 10.2. The van der Waals surface area contributed by atoms with E-state index in [0.29, 0.717) is 13.1 Å². The van der Waals surface area contributed by atoms with Gasteiger partial charge in [-0.05, 0) is 45.2 Å². The van der Waals surface area contributed by atoms with Crippen LogP contribution < -0.4 is 5.32 Å². The van der Waals surface area contributed by atoms with E-state index in [0.717, 1.165) is 43.9 Å². The molecule has 1 amide bonds. The van der Waals surface area contributed by atoms with Crippen molar-refractivity contribution in [3.8, 4) is 0 Å². The SMILES string of the molecule is CCCCN(C)C(=NC)NCCCN(Cc1cccnc1)C(=O)OC(C)(C)C.I. The number of hydrogen-bond donors (Lipinski definition) is 1. The van der Waals surface area contributed by atoms with Crippen LogP contribution in [-0.4, -0.2) is 66.2 Å². The standard InChI is InChI=1S/C21H37N5O2.HI/c1-7-8-14-25(6)19(22-5)24-13-10-15-26(20(27)28-21(2,3)4)17-18-11-9-12-23-16-18;/h9,11-12,16H,7-8,10,13-15,17H2,1-6H3,(H,22,24);1H. The number of halogens is 1. The molecule has 0 atom stereocenters. The summed E-state index contributed by atoms with van der Waals surface area (Å²) in [6.45, 7) is 10.6. The number of amides is 1. The van der Waals surface area contributed by atoms with Crippen LogP contribution in [0.2, 0.25) is 0 Å². The first-order valence-corrected chi connectivity index (χ1v) is 10.1. The predicted octanol–water partition coefficient (Wildman–Crippen LogP) is 4.13. The highest BCUT2D eigenvalue weighted by molar-refractivity contribution is 14.0. The number of hydrogen-bond acceptors (Lipinski definition) is 4. The van der Waals surface area contributed by atoms with Gasteiger partial charge in [-0.25, -0.2) is 4.79 Å². The summed E-state index contributed by atoms with van der Waals surface area (Å²) in [5, 5.41) is 3.37. The molecule has 1 aromatic heterocycles. The third-order valence-corrected chi connectivity index (χ3v) is 4.06. The topological polar surface area (TPSA) is 70.1 Å². The van der Waals surface area contributed by atoms with Gasteiger partial charge in [-0.1, -0.05) is 19.4 Å². The molecule has 8 heteroatoms. The van der Waals surface area contributed by atoms with Crippen molar-refractivity contribution >= 4 is 36.0 Å². The molecule has 29 heavy (non-hydrogen) atoms. The highest BCUT2D eigenvalue weighted by atomic mass is 127. The monoisotopic (exact) mass is 519 g/mol. The van der Waals surface area contributed by atoms with Gasteiger partial charge in [-0.2, -0.15) is 0 Å². The van der Waals surface area contributed by atoms with Gasteiger partial charge in [-0.15, -0.1) is 24.0 Å². The van der Waals surface area contributed by atoms with Crippen molar-refractivity contribution in [1.82, 2.24) is 20.1 Å². The quantitative estimate of drug-likeness (QED) is 0.230. The zero-order valence-corrected chi connectivity index (χ0v) is 21.1. The minimum Gasteiger partial charge on any atom is -0.444 e. The van der Waals surface area contributed by atoms with E-state index in [9.17, 15) is 4.79 Å². The molecule has 0 unspecified atom stereocenters. The molecule has 0 radical (unpaired) electrons. The molecule has 0 aliphatic rings. The molecule has 7 nitrogen and oxygen atoms in total.